The van der Waals surface area contributed by atoms with E-state index in [4.69, 9.17) is 21.4 Å². The molecule has 1 heterocycles. The van der Waals surface area contributed by atoms with Gasteiger partial charge in [0.2, 0.25) is 5.88 Å². The Morgan fingerprint density at radius 3 is 2.80 bits per heavy atom. The summed E-state index contributed by atoms with van der Waals surface area (Å²) in [6.45, 7) is 1.90. The first-order chi connectivity index (χ1) is 9.60. The quantitative estimate of drug-likeness (QED) is 0.854. The highest BCUT2D eigenvalue weighted by molar-refractivity contribution is 6.29. The van der Waals surface area contributed by atoms with Crippen molar-refractivity contribution in [1.29, 1.82) is 0 Å². The number of pyridine rings is 1. The van der Waals surface area contributed by atoms with E-state index in [9.17, 15) is 4.79 Å². The summed E-state index contributed by atoms with van der Waals surface area (Å²) in [7, 11) is 0. The van der Waals surface area contributed by atoms with Gasteiger partial charge in [-0.25, -0.2) is 9.78 Å². The molecule has 0 aliphatic heterocycles. The van der Waals surface area contributed by atoms with Crippen molar-refractivity contribution in [1.82, 2.24) is 4.98 Å². The zero-order valence-corrected chi connectivity index (χ0v) is 11.5. The number of aromatic nitrogens is 1. The van der Waals surface area contributed by atoms with Gasteiger partial charge in [0.05, 0.1) is 5.56 Å². The van der Waals surface area contributed by atoms with E-state index in [-0.39, 0.29) is 16.6 Å². The number of para-hydroxylation sites is 1. The van der Waals surface area contributed by atoms with Crippen molar-refractivity contribution in [2.24, 2.45) is 0 Å². The van der Waals surface area contributed by atoms with E-state index in [1.54, 1.807) is 6.07 Å². The highest BCUT2D eigenvalue weighted by atomic mass is 35.5. The number of rotatable bonds is 4. The Morgan fingerprint density at radius 1 is 1.35 bits per heavy atom. The second-order valence-corrected chi connectivity index (χ2v) is 4.35. The maximum Gasteiger partial charge on any atom is 0.335 e. The zero-order chi connectivity index (χ0) is 14.5. The summed E-state index contributed by atoms with van der Waals surface area (Å²) < 4.78 is 5.62. The molecule has 0 fully saturated rings. The standard InChI is InChI=1S/C15H12ClNO3/c1-2-5-10-6-3-4-7-12(10)20-14-9-11(15(18)19)8-13(16)17-14/h2-9H,1H3,(H,18,19)/b5-2+. The van der Waals surface area contributed by atoms with E-state index in [0.717, 1.165) is 5.56 Å². The van der Waals surface area contributed by atoms with Crippen molar-refractivity contribution in [3.63, 3.8) is 0 Å². The molecule has 102 valence electrons. The molecular formula is C15H12ClNO3. The Bertz CT molecular complexity index is 668. The van der Waals surface area contributed by atoms with E-state index in [0.29, 0.717) is 5.75 Å². The molecule has 0 amide bonds. The first kappa shape index (κ1) is 14.1. The summed E-state index contributed by atoms with van der Waals surface area (Å²) in [6.07, 6.45) is 3.77. The molecule has 0 saturated heterocycles. The Morgan fingerprint density at radius 2 is 2.10 bits per heavy atom. The minimum absolute atomic E-state index is 0.0310. The molecule has 20 heavy (non-hydrogen) atoms. The molecule has 0 aliphatic carbocycles. The van der Waals surface area contributed by atoms with Crippen LogP contribution in [0, 0.1) is 0 Å². The SMILES string of the molecule is C/C=C/c1ccccc1Oc1cc(C(=O)O)cc(Cl)n1. The lowest BCUT2D eigenvalue weighted by Gasteiger charge is -2.08. The van der Waals surface area contributed by atoms with Gasteiger partial charge in [0.15, 0.2) is 0 Å². The van der Waals surface area contributed by atoms with Crippen LogP contribution in [0.1, 0.15) is 22.8 Å². The smallest absolute Gasteiger partial charge is 0.335 e. The van der Waals surface area contributed by atoms with E-state index >= 15 is 0 Å². The van der Waals surface area contributed by atoms with Gasteiger partial charge in [0, 0.05) is 11.6 Å². The molecule has 4 nitrogen and oxygen atoms in total. The number of hydrogen-bond acceptors (Lipinski definition) is 3. The highest BCUT2D eigenvalue weighted by Gasteiger charge is 2.10. The molecular weight excluding hydrogens is 278 g/mol. The molecule has 2 aromatic rings. The minimum Gasteiger partial charge on any atom is -0.478 e. The van der Waals surface area contributed by atoms with Crippen LogP contribution in [0.4, 0.5) is 0 Å². The second-order valence-electron chi connectivity index (χ2n) is 3.96. The zero-order valence-electron chi connectivity index (χ0n) is 10.7. The van der Waals surface area contributed by atoms with Crippen molar-refractivity contribution in [3.05, 3.63) is 58.8 Å². The van der Waals surface area contributed by atoms with Gasteiger partial charge in [-0.2, -0.15) is 0 Å². The average molecular weight is 290 g/mol. The van der Waals surface area contributed by atoms with Crippen molar-refractivity contribution in [3.8, 4) is 11.6 Å². The van der Waals surface area contributed by atoms with Crippen LogP contribution in [0.5, 0.6) is 11.6 Å². The molecule has 0 bridgehead atoms. The fraction of sp³-hybridized carbons (Fsp3) is 0.0667. The molecule has 0 saturated carbocycles. The van der Waals surface area contributed by atoms with Gasteiger partial charge in [0.1, 0.15) is 10.9 Å². The molecule has 0 aliphatic rings. The topological polar surface area (TPSA) is 59.4 Å². The third-order valence-electron chi connectivity index (χ3n) is 2.50. The van der Waals surface area contributed by atoms with Gasteiger partial charge in [0.25, 0.3) is 0 Å². The lowest BCUT2D eigenvalue weighted by Crippen LogP contribution is -1.99. The van der Waals surface area contributed by atoms with Crippen molar-refractivity contribution in [2.45, 2.75) is 6.92 Å². The number of halogens is 1. The van der Waals surface area contributed by atoms with Crippen LogP contribution in [0.25, 0.3) is 6.08 Å². The van der Waals surface area contributed by atoms with E-state index < -0.39 is 5.97 Å². The number of allylic oxidation sites excluding steroid dienone is 1. The third kappa shape index (κ3) is 3.36. The summed E-state index contributed by atoms with van der Waals surface area (Å²) in [5, 5.41) is 9.06. The van der Waals surface area contributed by atoms with Crippen LogP contribution in [0.3, 0.4) is 0 Å². The van der Waals surface area contributed by atoms with Gasteiger partial charge >= 0.3 is 5.97 Å². The molecule has 5 heteroatoms. The van der Waals surface area contributed by atoms with Crippen LogP contribution in [-0.2, 0) is 0 Å². The fourth-order valence-electron chi connectivity index (χ4n) is 1.65. The van der Waals surface area contributed by atoms with E-state index in [2.05, 4.69) is 4.98 Å². The highest BCUT2D eigenvalue weighted by Crippen LogP contribution is 2.26. The number of carboxylic acids is 1. The van der Waals surface area contributed by atoms with Crippen LogP contribution in [0.2, 0.25) is 5.15 Å². The minimum atomic E-state index is -1.08. The summed E-state index contributed by atoms with van der Waals surface area (Å²) in [5.41, 5.74) is 0.900. The maximum absolute atomic E-state index is 11.0. The molecule has 0 radical (unpaired) electrons. The monoisotopic (exact) mass is 289 g/mol. The van der Waals surface area contributed by atoms with Crippen LogP contribution in [-0.4, -0.2) is 16.1 Å². The second kappa shape index (κ2) is 6.21. The normalized spacial score (nSPS) is 10.7. The fourth-order valence-corrected chi connectivity index (χ4v) is 1.85. The number of benzene rings is 1. The van der Waals surface area contributed by atoms with Gasteiger partial charge in [-0.05, 0) is 19.1 Å². The summed E-state index contributed by atoms with van der Waals surface area (Å²) in [4.78, 5) is 14.9. The first-order valence-electron chi connectivity index (χ1n) is 5.90. The predicted octanol–water partition coefficient (Wildman–Crippen LogP) is 4.26. The van der Waals surface area contributed by atoms with Crippen LogP contribution >= 0.6 is 11.6 Å². The predicted molar refractivity (Wildman–Crippen MR) is 77.4 cm³/mol. The largest absolute Gasteiger partial charge is 0.478 e. The van der Waals surface area contributed by atoms with E-state index in [1.165, 1.54) is 12.1 Å². The molecule has 0 atom stereocenters. The number of carboxylic acid groups (broad SMARTS) is 1. The Kier molecular flexibility index (Phi) is 4.38. The maximum atomic E-state index is 11.0. The van der Waals surface area contributed by atoms with Crippen molar-refractivity contribution in [2.75, 3.05) is 0 Å². The average Bonchev–Trinajstić information content (AvgIpc) is 2.40. The number of nitrogens with zero attached hydrogens (tertiary/aromatic N) is 1. The molecule has 2 rings (SSSR count). The van der Waals surface area contributed by atoms with Gasteiger partial charge in [-0.3, -0.25) is 0 Å². The number of carbonyl (C=O) groups is 1. The van der Waals surface area contributed by atoms with Crippen LogP contribution < -0.4 is 4.74 Å². The third-order valence-corrected chi connectivity index (χ3v) is 2.69. The number of aromatic carboxylic acids is 1. The lowest BCUT2D eigenvalue weighted by atomic mass is 10.2. The Hall–Kier alpha value is -2.33. The summed E-state index contributed by atoms with van der Waals surface area (Å²) >= 11 is 5.79. The molecule has 1 aromatic heterocycles. The molecule has 0 spiro atoms. The van der Waals surface area contributed by atoms with Crippen LogP contribution in [0.15, 0.2) is 42.5 Å². The van der Waals surface area contributed by atoms with Gasteiger partial charge in [-0.15, -0.1) is 0 Å². The summed E-state index contributed by atoms with van der Waals surface area (Å²) in [6, 6.07) is 9.98. The van der Waals surface area contributed by atoms with E-state index in [1.807, 2.05) is 37.3 Å². The first-order valence-corrected chi connectivity index (χ1v) is 6.28. The van der Waals surface area contributed by atoms with Gasteiger partial charge < -0.3 is 9.84 Å². The molecule has 1 aromatic carbocycles. The Balaban J connectivity index is 2.37. The molecule has 1 N–H and O–H groups in total. The number of ether oxygens (including phenoxy) is 1. The summed E-state index contributed by atoms with van der Waals surface area (Å²) in [5.74, 6) is -0.357. The van der Waals surface area contributed by atoms with Crippen molar-refractivity contribution >= 4 is 23.6 Å². The van der Waals surface area contributed by atoms with Gasteiger partial charge in [-0.1, -0.05) is 42.0 Å². The van der Waals surface area contributed by atoms with Crippen molar-refractivity contribution < 1.29 is 14.6 Å². The number of hydrogen-bond donors (Lipinski definition) is 1. The molecule has 0 unspecified atom stereocenters. The lowest BCUT2D eigenvalue weighted by molar-refractivity contribution is 0.0696. The Labute approximate surface area is 121 Å².